The number of benzene rings is 1. The first-order valence-electron chi connectivity index (χ1n) is 6.15. The minimum Gasteiger partial charge on any atom is -0.396 e. The molecule has 1 aromatic carbocycles. The summed E-state index contributed by atoms with van der Waals surface area (Å²) in [6, 6.07) is 3.47. The first-order chi connectivity index (χ1) is 9.47. The van der Waals surface area contributed by atoms with E-state index in [2.05, 4.69) is 26.6 Å². The zero-order valence-corrected chi connectivity index (χ0v) is 12.5. The number of hydrogen-bond acceptors (Lipinski definition) is 3. The molecule has 0 aromatic heterocycles. The molecular formula is C13H16BrFN2O3. The van der Waals surface area contributed by atoms with Crippen LogP contribution in [-0.4, -0.2) is 29.6 Å². The van der Waals surface area contributed by atoms with Crippen molar-refractivity contribution in [1.29, 1.82) is 0 Å². The molecule has 0 saturated heterocycles. The van der Waals surface area contributed by atoms with Gasteiger partial charge in [-0.1, -0.05) is 6.92 Å². The Labute approximate surface area is 124 Å². The van der Waals surface area contributed by atoms with Crippen molar-refractivity contribution in [2.24, 2.45) is 0 Å². The third kappa shape index (κ3) is 4.90. The van der Waals surface area contributed by atoms with Gasteiger partial charge in [0.05, 0.1) is 5.69 Å². The largest absolute Gasteiger partial charge is 0.396 e. The van der Waals surface area contributed by atoms with Gasteiger partial charge in [0.1, 0.15) is 5.82 Å². The van der Waals surface area contributed by atoms with Gasteiger partial charge in [0, 0.05) is 17.1 Å². The van der Waals surface area contributed by atoms with Crippen molar-refractivity contribution in [3.63, 3.8) is 0 Å². The molecule has 110 valence electrons. The number of carbonyl (C=O) groups excluding carboxylic acids is 2. The predicted octanol–water partition coefficient (Wildman–Crippen LogP) is 1.80. The molecule has 7 heteroatoms. The highest BCUT2D eigenvalue weighted by molar-refractivity contribution is 9.10. The number of rotatable bonds is 5. The topological polar surface area (TPSA) is 78.4 Å². The zero-order valence-electron chi connectivity index (χ0n) is 11.0. The molecule has 0 radical (unpaired) electrons. The van der Waals surface area contributed by atoms with E-state index in [9.17, 15) is 14.0 Å². The van der Waals surface area contributed by atoms with Gasteiger partial charge in [0.2, 0.25) is 0 Å². The Balaban J connectivity index is 2.63. The van der Waals surface area contributed by atoms with Crippen LogP contribution in [0.3, 0.4) is 0 Å². The molecule has 3 N–H and O–H groups in total. The molecule has 20 heavy (non-hydrogen) atoms. The number of carbonyl (C=O) groups is 2. The minimum atomic E-state index is -0.839. The molecule has 0 aliphatic carbocycles. The van der Waals surface area contributed by atoms with Crippen molar-refractivity contribution in [2.75, 3.05) is 11.9 Å². The number of anilines is 1. The van der Waals surface area contributed by atoms with Gasteiger partial charge in [-0.15, -0.1) is 0 Å². The van der Waals surface area contributed by atoms with Gasteiger partial charge in [-0.25, -0.2) is 4.39 Å². The van der Waals surface area contributed by atoms with Crippen LogP contribution in [0.5, 0.6) is 0 Å². The summed E-state index contributed by atoms with van der Waals surface area (Å²) >= 11 is 3.09. The second-order valence-electron chi connectivity index (χ2n) is 4.17. The van der Waals surface area contributed by atoms with Gasteiger partial charge in [-0.2, -0.15) is 0 Å². The SMILES string of the molecule is CCC(CCO)NC(=O)C(=O)Nc1ccc(F)cc1Br. The van der Waals surface area contributed by atoms with Crippen LogP contribution in [0.1, 0.15) is 19.8 Å². The highest BCUT2D eigenvalue weighted by Gasteiger charge is 2.18. The van der Waals surface area contributed by atoms with E-state index < -0.39 is 17.6 Å². The highest BCUT2D eigenvalue weighted by Crippen LogP contribution is 2.22. The van der Waals surface area contributed by atoms with Gasteiger partial charge in [0.15, 0.2) is 0 Å². The third-order valence-corrected chi connectivity index (χ3v) is 3.35. The van der Waals surface area contributed by atoms with Crippen molar-refractivity contribution in [1.82, 2.24) is 5.32 Å². The van der Waals surface area contributed by atoms with Gasteiger partial charge < -0.3 is 15.7 Å². The van der Waals surface area contributed by atoms with Crippen LogP contribution < -0.4 is 10.6 Å². The number of aliphatic hydroxyl groups is 1. The van der Waals surface area contributed by atoms with Gasteiger partial charge in [-0.05, 0) is 47.0 Å². The predicted molar refractivity (Wildman–Crippen MR) is 76.7 cm³/mol. The Kier molecular flexibility index (Phi) is 6.60. The fourth-order valence-electron chi connectivity index (χ4n) is 1.56. The Morgan fingerprint density at radius 1 is 1.40 bits per heavy atom. The lowest BCUT2D eigenvalue weighted by Gasteiger charge is -2.15. The number of hydrogen-bond donors (Lipinski definition) is 3. The van der Waals surface area contributed by atoms with Crippen LogP contribution in [0.25, 0.3) is 0 Å². The standard InChI is InChI=1S/C13H16BrFN2O3/c1-2-9(5-6-18)16-12(19)13(20)17-11-4-3-8(15)7-10(11)14/h3-4,7,9,18H,2,5-6H2,1H3,(H,16,19)(H,17,20). The van der Waals surface area contributed by atoms with Crippen LogP contribution >= 0.6 is 15.9 Å². The minimum absolute atomic E-state index is 0.0656. The monoisotopic (exact) mass is 346 g/mol. The Bertz CT molecular complexity index is 497. The molecule has 1 atom stereocenters. The molecule has 0 saturated carbocycles. The van der Waals surface area contributed by atoms with E-state index in [4.69, 9.17) is 5.11 Å². The summed E-state index contributed by atoms with van der Waals surface area (Å²) in [6.07, 6.45) is 0.996. The smallest absolute Gasteiger partial charge is 0.313 e. The maximum Gasteiger partial charge on any atom is 0.313 e. The molecule has 0 spiro atoms. The normalized spacial score (nSPS) is 11.8. The Morgan fingerprint density at radius 2 is 2.10 bits per heavy atom. The van der Waals surface area contributed by atoms with Crippen molar-refractivity contribution in [2.45, 2.75) is 25.8 Å². The molecule has 0 heterocycles. The van der Waals surface area contributed by atoms with E-state index in [-0.39, 0.29) is 12.6 Å². The molecule has 5 nitrogen and oxygen atoms in total. The maximum atomic E-state index is 12.9. The second kappa shape index (κ2) is 7.96. The summed E-state index contributed by atoms with van der Waals surface area (Å²) in [5, 5.41) is 13.7. The van der Waals surface area contributed by atoms with Crippen molar-refractivity contribution >= 4 is 33.4 Å². The van der Waals surface area contributed by atoms with E-state index in [1.54, 1.807) is 0 Å². The van der Waals surface area contributed by atoms with Gasteiger partial charge >= 0.3 is 11.8 Å². The first kappa shape index (κ1) is 16.6. The maximum absolute atomic E-state index is 12.9. The van der Waals surface area contributed by atoms with Crippen molar-refractivity contribution < 1.29 is 19.1 Å². The number of amides is 2. The quantitative estimate of drug-likeness (QED) is 0.711. The summed E-state index contributed by atoms with van der Waals surface area (Å²) in [5.74, 6) is -2.08. The van der Waals surface area contributed by atoms with E-state index in [1.165, 1.54) is 18.2 Å². The van der Waals surface area contributed by atoms with Crippen LogP contribution in [0, 0.1) is 5.82 Å². The second-order valence-corrected chi connectivity index (χ2v) is 5.02. The summed E-state index contributed by atoms with van der Waals surface area (Å²) < 4.78 is 13.2. The fourth-order valence-corrected chi connectivity index (χ4v) is 2.01. The van der Waals surface area contributed by atoms with Crippen molar-refractivity contribution in [3.05, 3.63) is 28.5 Å². The number of aliphatic hydroxyl groups excluding tert-OH is 1. The number of nitrogens with one attached hydrogen (secondary N) is 2. The lowest BCUT2D eigenvalue weighted by atomic mass is 10.1. The molecule has 0 aliphatic heterocycles. The van der Waals surface area contributed by atoms with Crippen LogP contribution in [-0.2, 0) is 9.59 Å². The molecule has 2 amide bonds. The molecule has 1 unspecified atom stereocenters. The molecule has 0 fully saturated rings. The number of halogens is 2. The van der Waals surface area contributed by atoms with Crippen LogP contribution in [0.2, 0.25) is 0 Å². The first-order valence-corrected chi connectivity index (χ1v) is 6.95. The molecule has 0 bridgehead atoms. The molecular weight excluding hydrogens is 331 g/mol. The lowest BCUT2D eigenvalue weighted by molar-refractivity contribution is -0.136. The summed E-state index contributed by atoms with van der Waals surface area (Å²) in [7, 11) is 0. The van der Waals surface area contributed by atoms with Crippen LogP contribution in [0.4, 0.5) is 10.1 Å². The van der Waals surface area contributed by atoms with E-state index in [0.29, 0.717) is 23.0 Å². The van der Waals surface area contributed by atoms with Gasteiger partial charge in [0.25, 0.3) is 0 Å². The molecule has 1 rings (SSSR count). The lowest BCUT2D eigenvalue weighted by Crippen LogP contribution is -2.42. The van der Waals surface area contributed by atoms with E-state index in [0.717, 1.165) is 0 Å². The molecule has 0 aliphatic rings. The Hall–Kier alpha value is -1.47. The fraction of sp³-hybridized carbons (Fsp3) is 0.385. The molecule has 1 aromatic rings. The van der Waals surface area contributed by atoms with Gasteiger partial charge in [-0.3, -0.25) is 9.59 Å². The third-order valence-electron chi connectivity index (χ3n) is 2.69. The summed E-state index contributed by atoms with van der Waals surface area (Å²) in [6.45, 7) is 1.78. The zero-order chi connectivity index (χ0) is 15.1. The van der Waals surface area contributed by atoms with E-state index in [1.807, 2.05) is 6.92 Å². The average Bonchev–Trinajstić information content (AvgIpc) is 2.41. The van der Waals surface area contributed by atoms with Crippen LogP contribution in [0.15, 0.2) is 22.7 Å². The highest BCUT2D eigenvalue weighted by atomic mass is 79.9. The van der Waals surface area contributed by atoms with Crippen molar-refractivity contribution in [3.8, 4) is 0 Å². The summed E-state index contributed by atoms with van der Waals surface area (Å²) in [5.41, 5.74) is 0.307. The summed E-state index contributed by atoms with van der Waals surface area (Å²) in [4.78, 5) is 23.4. The van der Waals surface area contributed by atoms with E-state index >= 15 is 0 Å². The average molecular weight is 347 g/mol. The Morgan fingerprint density at radius 3 is 2.65 bits per heavy atom.